The minimum Gasteiger partial charge on any atom is -0.312 e. The Morgan fingerprint density at radius 1 is 1.50 bits per heavy atom. The molecular weight excluding hydrogens is 259 g/mol. The van der Waals surface area contributed by atoms with Crippen LogP contribution in [0.1, 0.15) is 24.8 Å². The lowest BCUT2D eigenvalue weighted by molar-refractivity contribution is -0.133. The van der Waals surface area contributed by atoms with Gasteiger partial charge in [-0.15, -0.1) is 0 Å². The summed E-state index contributed by atoms with van der Waals surface area (Å²) in [5, 5.41) is 8.56. The summed E-state index contributed by atoms with van der Waals surface area (Å²) in [4.78, 5) is 25.6. The van der Waals surface area contributed by atoms with Crippen LogP contribution in [0.15, 0.2) is 18.2 Å². The maximum absolute atomic E-state index is 13.4. The third-order valence-corrected chi connectivity index (χ3v) is 3.42. The third-order valence-electron chi connectivity index (χ3n) is 3.42. The molecule has 4 nitrogen and oxygen atoms in total. The number of piperidine rings is 1. The van der Waals surface area contributed by atoms with Crippen molar-refractivity contribution in [3.8, 4) is 6.07 Å². The number of benzene rings is 1. The van der Waals surface area contributed by atoms with Crippen molar-refractivity contribution < 1.29 is 14.0 Å². The van der Waals surface area contributed by atoms with E-state index in [-0.39, 0.29) is 18.1 Å². The molecule has 2 rings (SSSR count). The van der Waals surface area contributed by atoms with Gasteiger partial charge in [-0.2, -0.15) is 5.26 Å². The van der Waals surface area contributed by atoms with Gasteiger partial charge in [-0.05, 0) is 43.5 Å². The highest BCUT2D eigenvalue weighted by Gasteiger charge is 2.34. The van der Waals surface area contributed by atoms with Gasteiger partial charge in [0.1, 0.15) is 5.82 Å². The molecular formula is C15H15FN2O2. The summed E-state index contributed by atoms with van der Waals surface area (Å²) >= 11 is 0. The van der Waals surface area contributed by atoms with Crippen LogP contribution in [0.4, 0.5) is 10.1 Å². The molecule has 0 N–H and O–H groups in total. The van der Waals surface area contributed by atoms with Crippen molar-refractivity contribution in [2.45, 2.75) is 26.2 Å². The normalized spacial score (nSPS) is 18.8. The summed E-state index contributed by atoms with van der Waals surface area (Å²) in [6, 6.07) is 6.18. The van der Waals surface area contributed by atoms with Crippen LogP contribution in [-0.4, -0.2) is 18.2 Å². The molecule has 1 atom stereocenters. The number of nitriles is 1. The Labute approximate surface area is 116 Å². The van der Waals surface area contributed by atoms with Crippen molar-refractivity contribution >= 4 is 17.4 Å². The fourth-order valence-electron chi connectivity index (χ4n) is 2.50. The lowest BCUT2D eigenvalue weighted by Gasteiger charge is -2.31. The first kappa shape index (κ1) is 14.2. The number of Topliss-reactive ketones (excluding diaryl/α,β-unsaturated/α-hetero) is 1. The largest absolute Gasteiger partial charge is 0.312 e. The number of amides is 1. The highest BCUT2D eigenvalue weighted by molar-refractivity contribution is 6.09. The van der Waals surface area contributed by atoms with Crippen LogP contribution in [0, 0.1) is 30.0 Å². The molecule has 0 bridgehead atoms. The first-order chi connectivity index (χ1) is 9.52. The van der Waals surface area contributed by atoms with Crippen LogP contribution >= 0.6 is 0 Å². The smallest absolute Gasteiger partial charge is 0.237 e. The molecule has 20 heavy (non-hydrogen) atoms. The fourth-order valence-corrected chi connectivity index (χ4v) is 2.50. The number of carbonyl (C=O) groups excluding carboxylic acids is 2. The van der Waals surface area contributed by atoms with Crippen molar-refractivity contribution in [1.29, 1.82) is 5.26 Å². The molecule has 1 aliphatic rings. The molecule has 1 aromatic rings. The highest BCUT2D eigenvalue weighted by Crippen LogP contribution is 2.27. The van der Waals surface area contributed by atoms with Crippen LogP contribution in [0.2, 0.25) is 0 Å². The lowest BCUT2D eigenvalue weighted by Crippen LogP contribution is -2.44. The van der Waals surface area contributed by atoms with Crippen LogP contribution in [0.25, 0.3) is 0 Å². The zero-order valence-corrected chi connectivity index (χ0v) is 11.2. The average molecular weight is 274 g/mol. The van der Waals surface area contributed by atoms with E-state index >= 15 is 0 Å². The maximum atomic E-state index is 13.4. The summed E-state index contributed by atoms with van der Waals surface area (Å²) < 4.78 is 13.4. The molecule has 0 aliphatic carbocycles. The highest BCUT2D eigenvalue weighted by atomic mass is 19.1. The molecule has 0 aromatic heterocycles. The van der Waals surface area contributed by atoms with E-state index in [1.165, 1.54) is 17.0 Å². The van der Waals surface area contributed by atoms with Crippen molar-refractivity contribution in [3.63, 3.8) is 0 Å². The number of rotatable bonds is 3. The van der Waals surface area contributed by atoms with E-state index in [1.54, 1.807) is 19.1 Å². The Hall–Kier alpha value is -2.22. The van der Waals surface area contributed by atoms with Crippen LogP contribution in [0.3, 0.4) is 0 Å². The van der Waals surface area contributed by atoms with Crippen molar-refractivity contribution in [1.82, 2.24) is 0 Å². The first-order valence-electron chi connectivity index (χ1n) is 6.51. The molecule has 0 spiro atoms. The Morgan fingerprint density at radius 2 is 2.25 bits per heavy atom. The molecule has 1 heterocycles. The number of halogens is 1. The molecule has 0 saturated carbocycles. The zero-order chi connectivity index (χ0) is 14.7. The van der Waals surface area contributed by atoms with E-state index in [0.717, 1.165) is 5.56 Å². The summed E-state index contributed by atoms with van der Waals surface area (Å²) in [6.07, 6.45) is 0.875. The first-order valence-corrected chi connectivity index (χ1v) is 6.51. The minimum atomic E-state index is -0.771. The molecule has 1 saturated heterocycles. The fraction of sp³-hybridized carbons (Fsp3) is 0.400. The van der Waals surface area contributed by atoms with E-state index in [9.17, 15) is 14.0 Å². The summed E-state index contributed by atoms with van der Waals surface area (Å²) in [7, 11) is 0. The Balaban J connectivity index is 2.26. The van der Waals surface area contributed by atoms with E-state index in [2.05, 4.69) is 0 Å². The number of hydrogen-bond donors (Lipinski definition) is 0. The van der Waals surface area contributed by atoms with Gasteiger partial charge in [0.2, 0.25) is 5.91 Å². The van der Waals surface area contributed by atoms with Gasteiger partial charge >= 0.3 is 0 Å². The molecule has 0 radical (unpaired) electrons. The predicted molar refractivity (Wildman–Crippen MR) is 71.5 cm³/mol. The van der Waals surface area contributed by atoms with Gasteiger partial charge < -0.3 is 4.90 Å². The van der Waals surface area contributed by atoms with Gasteiger partial charge in [0.15, 0.2) is 5.78 Å². The standard InChI is InChI=1S/C15H15FN2O2/c1-10-7-11(16)9-12(8-10)18-6-2-3-13(15(18)20)14(19)4-5-17/h7-9,13H,2-4,6H2,1H3. The minimum absolute atomic E-state index is 0.258. The second kappa shape index (κ2) is 5.83. The van der Waals surface area contributed by atoms with Crippen molar-refractivity contribution in [2.75, 3.05) is 11.4 Å². The molecule has 1 unspecified atom stereocenters. The van der Waals surface area contributed by atoms with E-state index < -0.39 is 11.7 Å². The van der Waals surface area contributed by atoms with Gasteiger partial charge in [-0.25, -0.2) is 4.39 Å². The number of ketones is 1. The second-order valence-electron chi connectivity index (χ2n) is 4.97. The number of anilines is 1. The number of carbonyl (C=O) groups is 2. The topological polar surface area (TPSA) is 61.2 Å². The van der Waals surface area contributed by atoms with Gasteiger partial charge in [0.05, 0.1) is 18.4 Å². The molecule has 5 heteroatoms. The van der Waals surface area contributed by atoms with Crippen molar-refractivity contribution in [3.05, 3.63) is 29.6 Å². The monoisotopic (exact) mass is 274 g/mol. The van der Waals surface area contributed by atoms with Gasteiger partial charge in [0, 0.05) is 12.2 Å². The molecule has 1 aromatic carbocycles. The predicted octanol–water partition coefficient (Wildman–Crippen LogP) is 2.36. The molecule has 1 aliphatic heterocycles. The van der Waals surface area contributed by atoms with E-state index in [0.29, 0.717) is 25.1 Å². The number of hydrogen-bond acceptors (Lipinski definition) is 3. The number of nitrogens with zero attached hydrogens (tertiary/aromatic N) is 2. The summed E-state index contributed by atoms with van der Waals surface area (Å²) in [6.45, 7) is 2.22. The molecule has 1 amide bonds. The van der Waals surface area contributed by atoms with Crippen molar-refractivity contribution in [2.24, 2.45) is 5.92 Å². The maximum Gasteiger partial charge on any atom is 0.237 e. The van der Waals surface area contributed by atoms with E-state index in [1.807, 2.05) is 0 Å². The number of aryl methyl sites for hydroxylation is 1. The Bertz CT molecular complexity index is 572. The van der Waals surface area contributed by atoms with Gasteiger partial charge in [0.25, 0.3) is 0 Å². The quantitative estimate of drug-likeness (QED) is 0.795. The average Bonchev–Trinajstić information content (AvgIpc) is 2.38. The molecule has 104 valence electrons. The van der Waals surface area contributed by atoms with Gasteiger partial charge in [-0.3, -0.25) is 9.59 Å². The Morgan fingerprint density at radius 3 is 2.90 bits per heavy atom. The summed E-state index contributed by atoms with van der Waals surface area (Å²) in [5.41, 5.74) is 1.19. The molecule has 1 fully saturated rings. The van der Waals surface area contributed by atoms with Crippen LogP contribution < -0.4 is 4.90 Å². The SMILES string of the molecule is Cc1cc(F)cc(N2CCCC(C(=O)CC#N)C2=O)c1. The lowest BCUT2D eigenvalue weighted by atomic mass is 9.91. The summed E-state index contributed by atoms with van der Waals surface area (Å²) in [5.74, 6) is -1.86. The third kappa shape index (κ3) is 2.85. The van der Waals surface area contributed by atoms with Crippen LogP contribution in [-0.2, 0) is 9.59 Å². The Kier molecular flexibility index (Phi) is 4.14. The zero-order valence-electron chi connectivity index (χ0n) is 11.2. The van der Waals surface area contributed by atoms with E-state index in [4.69, 9.17) is 5.26 Å². The van der Waals surface area contributed by atoms with Gasteiger partial charge in [-0.1, -0.05) is 0 Å². The second-order valence-corrected chi connectivity index (χ2v) is 4.97. The van der Waals surface area contributed by atoms with Crippen LogP contribution in [0.5, 0.6) is 0 Å².